The van der Waals surface area contributed by atoms with Crippen LogP contribution in [0.2, 0.25) is 0 Å². The van der Waals surface area contributed by atoms with Crippen molar-refractivity contribution in [1.82, 2.24) is 20.0 Å². The van der Waals surface area contributed by atoms with E-state index in [0.29, 0.717) is 5.56 Å². The minimum absolute atomic E-state index is 0.250. The molecule has 8 nitrogen and oxygen atoms in total. The monoisotopic (exact) mass is 540 g/mol. The summed E-state index contributed by atoms with van der Waals surface area (Å²) < 4.78 is 6.51. The average molecular weight is 541 g/mol. The molecule has 0 unspecified atom stereocenters. The molecule has 0 bridgehead atoms. The van der Waals surface area contributed by atoms with Crippen LogP contribution in [-0.2, 0) is 26.2 Å². The number of H-pyrrole nitrogens is 1. The smallest absolute Gasteiger partial charge is 0.373 e. The van der Waals surface area contributed by atoms with Gasteiger partial charge in [0.05, 0.1) is 26.0 Å². The van der Waals surface area contributed by atoms with E-state index in [1.165, 1.54) is 35.7 Å². The molecular weight excluding hydrogens is 512 g/mol. The molecule has 4 rings (SSSR count). The number of esters is 1. The zero-order valence-electron chi connectivity index (χ0n) is 20.2. The number of nitrogens with one attached hydrogen (secondary N) is 1. The first-order chi connectivity index (χ1) is 16.9. The highest BCUT2D eigenvalue weighted by molar-refractivity contribution is 9.08. The Kier molecular flexibility index (Phi) is 14.0. The lowest BCUT2D eigenvalue weighted by Gasteiger charge is -2.04. The van der Waals surface area contributed by atoms with Crippen molar-refractivity contribution in [3.63, 3.8) is 0 Å². The fraction of sp³-hybridized carbons (Fsp3) is 0.231. The number of rotatable bonds is 4. The third-order valence-electron chi connectivity index (χ3n) is 4.76. The minimum Gasteiger partial charge on any atom is -0.465 e. The number of aromatic amines is 1. The maximum atomic E-state index is 10.8. The van der Waals surface area contributed by atoms with Gasteiger partial charge in [-0.25, -0.2) is 4.79 Å². The van der Waals surface area contributed by atoms with Gasteiger partial charge in [-0.1, -0.05) is 76.6 Å². The molecule has 0 radical (unpaired) electrons. The molecule has 0 spiro atoms. The number of carbonyl (C=O) groups excluding carboxylic acids is 3. The Morgan fingerprint density at radius 1 is 0.971 bits per heavy atom. The quantitative estimate of drug-likeness (QED) is 0.286. The second-order valence-electron chi connectivity index (χ2n) is 7.16. The molecule has 0 saturated carbocycles. The van der Waals surface area contributed by atoms with Crippen molar-refractivity contribution in [2.24, 2.45) is 0 Å². The van der Waals surface area contributed by atoms with Crippen molar-refractivity contribution >= 4 is 28.1 Å². The van der Waals surface area contributed by atoms with E-state index < -0.39 is 0 Å². The van der Waals surface area contributed by atoms with Gasteiger partial charge in [-0.15, -0.1) is 0 Å². The zero-order valence-corrected chi connectivity index (χ0v) is 21.8. The second-order valence-corrected chi connectivity index (χ2v) is 7.72. The lowest BCUT2D eigenvalue weighted by molar-refractivity contribution is -0.191. The van der Waals surface area contributed by atoms with Gasteiger partial charge in [0, 0.05) is 16.7 Å². The van der Waals surface area contributed by atoms with Crippen LogP contribution in [0.25, 0.3) is 0 Å². The van der Waals surface area contributed by atoms with Crippen LogP contribution >= 0.6 is 15.9 Å². The molecule has 0 atom stereocenters. The van der Waals surface area contributed by atoms with Crippen LogP contribution in [0.1, 0.15) is 38.4 Å². The van der Waals surface area contributed by atoms with Crippen molar-refractivity contribution in [2.75, 3.05) is 7.11 Å². The number of hydrogen-bond acceptors (Lipinski definition) is 6. The van der Waals surface area contributed by atoms with Gasteiger partial charge in [-0.2, -0.15) is 19.8 Å². The number of hydrogen-bond donors (Lipinski definition) is 1. The number of nitrogens with zero attached hydrogens (tertiary/aromatic N) is 3. The number of alkyl halides is 1. The summed E-state index contributed by atoms with van der Waals surface area (Å²) in [6.45, 7) is 6.81. The van der Waals surface area contributed by atoms with Gasteiger partial charge in [-0.05, 0) is 37.5 Å². The fourth-order valence-corrected chi connectivity index (χ4v) is 3.06. The molecule has 2 aromatic carbocycles. The molecule has 2 aromatic heterocycles. The van der Waals surface area contributed by atoms with E-state index in [9.17, 15) is 4.79 Å². The topological polar surface area (TPSA) is 107 Å². The number of ether oxygens (including phenoxy) is 1. The van der Waals surface area contributed by atoms with Crippen LogP contribution in [0.5, 0.6) is 0 Å². The Labute approximate surface area is 213 Å². The zero-order chi connectivity index (χ0) is 26.1. The number of methoxy groups -OCH3 is 1. The van der Waals surface area contributed by atoms with Gasteiger partial charge in [-0.3, -0.25) is 9.78 Å². The van der Waals surface area contributed by atoms with Crippen LogP contribution in [0.15, 0.2) is 73.1 Å². The van der Waals surface area contributed by atoms with Gasteiger partial charge < -0.3 is 4.74 Å². The third kappa shape index (κ3) is 10.8. The molecule has 2 heterocycles. The summed E-state index contributed by atoms with van der Waals surface area (Å²) in [6.07, 6.45) is 3.61. The van der Waals surface area contributed by atoms with E-state index in [1.54, 1.807) is 6.92 Å². The van der Waals surface area contributed by atoms with E-state index in [4.69, 9.17) is 9.59 Å². The van der Waals surface area contributed by atoms with Crippen LogP contribution in [0.4, 0.5) is 0 Å². The number of halogens is 1. The van der Waals surface area contributed by atoms with Crippen LogP contribution < -0.4 is 0 Å². The SMILES string of the molecule is BrCc1ccccc1.COC(=O)c1cn[nH]c1C.Cc1cnn(Cc2ccccc2)c1C.O=C=O. The van der Waals surface area contributed by atoms with Crippen molar-refractivity contribution in [2.45, 2.75) is 32.6 Å². The number of aryl methyl sites for hydroxylation is 2. The predicted octanol–water partition coefficient (Wildman–Crippen LogP) is 5.05. The Bertz CT molecular complexity index is 1170. The maximum Gasteiger partial charge on any atom is 0.373 e. The Morgan fingerprint density at radius 2 is 1.51 bits per heavy atom. The Morgan fingerprint density at radius 3 is 1.89 bits per heavy atom. The van der Waals surface area contributed by atoms with Gasteiger partial charge in [0.2, 0.25) is 0 Å². The summed E-state index contributed by atoms with van der Waals surface area (Å²) in [5.41, 5.74) is 6.33. The largest absolute Gasteiger partial charge is 0.465 e. The van der Waals surface area contributed by atoms with Crippen LogP contribution in [-0.4, -0.2) is 39.2 Å². The summed E-state index contributed by atoms with van der Waals surface area (Å²) in [5.74, 6) is -0.355. The van der Waals surface area contributed by atoms with Gasteiger partial charge in [0.25, 0.3) is 0 Å². The molecule has 0 aliphatic heterocycles. The lowest BCUT2D eigenvalue weighted by atomic mass is 10.2. The molecule has 4 aromatic rings. The first-order valence-electron chi connectivity index (χ1n) is 10.6. The summed E-state index contributed by atoms with van der Waals surface area (Å²) in [4.78, 5) is 27.1. The maximum absolute atomic E-state index is 10.8. The Hall–Kier alpha value is -3.81. The number of carbonyl (C=O) groups is 1. The number of benzene rings is 2. The number of aromatic nitrogens is 4. The van der Waals surface area contributed by atoms with Crippen LogP contribution in [0, 0.1) is 20.8 Å². The van der Waals surface area contributed by atoms with E-state index in [2.05, 4.69) is 86.2 Å². The molecule has 184 valence electrons. The highest BCUT2D eigenvalue weighted by Crippen LogP contribution is 2.08. The molecular formula is C26H29BrN4O4. The van der Waals surface area contributed by atoms with Crippen molar-refractivity contribution < 1.29 is 19.1 Å². The predicted molar refractivity (Wildman–Crippen MR) is 136 cm³/mol. The van der Waals surface area contributed by atoms with E-state index in [1.807, 2.05) is 35.1 Å². The molecule has 1 N–H and O–H groups in total. The fourth-order valence-electron chi connectivity index (χ4n) is 2.69. The molecule has 35 heavy (non-hydrogen) atoms. The normalized spacial score (nSPS) is 9.17. The molecule has 0 aliphatic carbocycles. The van der Waals surface area contributed by atoms with Gasteiger partial charge in [0.1, 0.15) is 5.56 Å². The minimum atomic E-state index is -0.355. The van der Waals surface area contributed by atoms with E-state index >= 15 is 0 Å². The van der Waals surface area contributed by atoms with E-state index in [-0.39, 0.29) is 12.1 Å². The summed E-state index contributed by atoms with van der Waals surface area (Å²) in [5, 5.41) is 11.6. The highest BCUT2D eigenvalue weighted by Gasteiger charge is 2.09. The average Bonchev–Trinajstić information content (AvgIpc) is 3.46. The second kappa shape index (κ2) is 16.7. The van der Waals surface area contributed by atoms with E-state index in [0.717, 1.165) is 17.6 Å². The molecule has 0 aliphatic rings. The Balaban J connectivity index is 0.000000258. The summed E-state index contributed by atoms with van der Waals surface area (Å²) >= 11 is 3.36. The summed E-state index contributed by atoms with van der Waals surface area (Å²) in [7, 11) is 1.34. The van der Waals surface area contributed by atoms with Gasteiger partial charge in [0.15, 0.2) is 0 Å². The lowest BCUT2D eigenvalue weighted by Crippen LogP contribution is -2.03. The van der Waals surface area contributed by atoms with Crippen molar-refractivity contribution in [3.8, 4) is 0 Å². The van der Waals surface area contributed by atoms with Crippen molar-refractivity contribution in [1.29, 1.82) is 0 Å². The standard InChI is InChI=1S/C12H14N2.C7H7Br.C6H8N2O2.CO2/c1-10-8-13-14(11(10)2)9-12-6-4-3-5-7-12;8-6-7-4-2-1-3-5-7;1-4-5(3-7-8-4)6(9)10-2;2-1-3/h3-8H,9H2,1-2H3;1-5H,6H2;3H,1-2H3,(H,7,8);. The molecule has 0 fully saturated rings. The first-order valence-corrected chi connectivity index (χ1v) is 11.7. The third-order valence-corrected chi connectivity index (χ3v) is 5.40. The highest BCUT2D eigenvalue weighted by atomic mass is 79.9. The van der Waals surface area contributed by atoms with Gasteiger partial charge >= 0.3 is 12.1 Å². The molecule has 0 amide bonds. The molecule has 0 saturated heterocycles. The molecule has 9 heteroatoms. The van der Waals surface area contributed by atoms with Crippen LogP contribution in [0.3, 0.4) is 0 Å². The summed E-state index contributed by atoms with van der Waals surface area (Å²) in [6, 6.07) is 20.7. The van der Waals surface area contributed by atoms with Crippen molar-refractivity contribution in [3.05, 3.63) is 107 Å². The first kappa shape index (κ1) is 29.2.